The number of hydrogen-bond donors (Lipinski definition) is 0. The molecule has 3 aliphatic rings. The van der Waals surface area contributed by atoms with Crippen LogP contribution < -0.4 is 9.47 Å². The summed E-state index contributed by atoms with van der Waals surface area (Å²) in [6.07, 6.45) is 3.03. The van der Waals surface area contributed by atoms with E-state index in [9.17, 15) is 9.18 Å². The van der Waals surface area contributed by atoms with Gasteiger partial charge in [0.25, 0.3) is 5.79 Å². The number of piperidine rings is 1. The Balaban J connectivity index is 1.08. The highest BCUT2D eigenvalue weighted by Crippen LogP contribution is 2.50. The minimum absolute atomic E-state index is 0.151. The van der Waals surface area contributed by atoms with E-state index in [0.717, 1.165) is 61.4 Å². The number of aromatic nitrogens is 2. The summed E-state index contributed by atoms with van der Waals surface area (Å²) in [6.45, 7) is 5.68. The molecule has 7 rings (SSSR count). The van der Waals surface area contributed by atoms with Crippen molar-refractivity contribution in [2.75, 3.05) is 26.8 Å². The summed E-state index contributed by atoms with van der Waals surface area (Å²) in [5.74, 6) is 0.440. The smallest absolute Gasteiger partial charge is 0.337 e. The lowest BCUT2D eigenvalue weighted by molar-refractivity contribution is -0.0712. The van der Waals surface area contributed by atoms with Crippen molar-refractivity contribution in [3.8, 4) is 11.5 Å². The first kappa shape index (κ1) is 28.1. The first-order chi connectivity index (χ1) is 20.8. The number of fused-ring (bicyclic) bond motifs is 2. The summed E-state index contributed by atoms with van der Waals surface area (Å²) >= 11 is 5.98. The third kappa shape index (κ3) is 5.24. The summed E-state index contributed by atoms with van der Waals surface area (Å²) in [5, 5.41) is 0.325. The number of carbonyl (C=O) groups excluding carboxylic acids is 1. The van der Waals surface area contributed by atoms with Gasteiger partial charge in [-0.2, -0.15) is 0 Å². The first-order valence-corrected chi connectivity index (χ1v) is 15.1. The standard InChI is InChI=1S/C33H33ClFN3O5/c1-33(25-8-7-22(34)17-26(25)35)42-29-5-3-4-24(31(29)43-33)20-10-13-37(14-11-20)19-30-36-27-9-6-21(32(39)40-2)16-28(27)38(30)18-23-12-15-41-23/h3-9,16-17,20,23H,10-15,18-19H2,1-2H3/t23-,33-/m0/s1. The minimum atomic E-state index is -1.27. The van der Waals surface area contributed by atoms with Crippen molar-refractivity contribution in [2.45, 2.75) is 57.1 Å². The van der Waals surface area contributed by atoms with E-state index in [2.05, 4.69) is 15.5 Å². The quantitative estimate of drug-likeness (QED) is 0.225. The Bertz CT molecular complexity index is 1700. The van der Waals surface area contributed by atoms with Crippen LogP contribution in [0.25, 0.3) is 11.0 Å². The number of hydrogen-bond acceptors (Lipinski definition) is 7. The zero-order valence-electron chi connectivity index (χ0n) is 24.1. The maximum Gasteiger partial charge on any atom is 0.337 e. The Hall–Kier alpha value is -3.66. The van der Waals surface area contributed by atoms with Gasteiger partial charge in [0.2, 0.25) is 0 Å². The van der Waals surface area contributed by atoms with Gasteiger partial charge in [-0.25, -0.2) is 14.2 Å². The van der Waals surface area contributed by atoms with Gasteiger partial charge >= 0.3 is 5.97 Å². The van der Waals surface area contributed by atoms with Gasteiger partial charge in [0.15, 0.2) is 11.5 Å². The Kier molecular flexibility index (Phi) is 7.27. The molecule has 0 bridgehead atoms. The number of para-hydroxylation sites is 1. The molecule has 0 N–H and O–H groups in total. The molecule has 2 saturated heterocycles. The molecular formula is C33H33ClFN3O5. The molecule has 4 heterocycles. The highest BCUT2D eigenvalue weighted by Gasteiger charge is 2.43. The Morgan fingerprint density at radius 3 is 2.65 bits per heavy atom. The molecule has 8 nitrogen and oxygen atoms in total. The summed E-state index contributed by atoms with van der Waals surface area (Å²) in [4.78, 5) is 19.6. The summed E-state index contributed by atoms with van der Waals surface area (Å²) in [5.41, 5.74) is 3.67. The summed E-state index contributed by atoms with van der Waals surface area (Å²) < 4.78 is 40.3. The molecule has 2 atom stereocenters. The number of halogens is 2. The number of esters is 1. The lowest BCUT2D eigenvalue weighted by Crippen LogP contribution is -2.35. The monoisotopic (exact) mass is 605 g/mol. The van der Waals surface area contributed by atoms with Gasteiger partial charge in [0.1, 0.15) is 11.6 Å². The van der Waals surface area contributed by atoms with Crippen LogP contribution in [0.1, 0.15) is 59.4 Å². The van der Waals surface area contributed by atoms with Gasteiger partial charge in [-0.3, -0.25) is 4.90 Å². The third-order valence-electron chi connectivity index (χ3n) is 8.85. The van der Waals surface area contributed by atoms with Crippen LogP contribution in [0.5, 0.6) is 11.5 Å². The number of likely N-dealkylation sites (tertiary alicyclic amines) is 1. The van der Waals surface area contributed by atoms with Crippen molar-refractivity contribution >= 4 is 28.6 Å². The van der Waals surface area contributed by atoms with E-state index < -0.39 is 11.6 Å². The molecule has 3 aromatic carbocycles. The highest BCUT2D eigenvalue weighted by atomic mass is 35.5. The van der Waals surface area contributed by atoms with E-state index in [1.54, 1.807) is 25.1 Å². The van der Waals surface area contributed by atoms with Gasteiger partial charge in [-0.1, -0.05) is 23.7 Å². The number of methoxy groups -OCH3 is 1. The zero-order valence-corrected chi connectivity index (χ0v) is 24.9. The number of rotatable bonds is 7. The lowest BCUT2D eigenvalue weighted by Gasteiger charge is -2.33. The Labute approximate surface area is 254 Å². The van der Waals surface area contributed by atoms with Crippen LogP contribution >= 0.6 is 11.6 Å². The van der Waals surface area contributed by atoms with Crippen LogP contribution in [0, 0.1) is 5.82 Å². The van der Waals surface area contributed by atoms with Crippen molar-refractivity contribution < 1.29 is 28.1 Å². The average Bonchev–Trinajstić information content (AvgIpc) is 3.51. The fourth-order valence-corrected chi connectivity index (χ4v) is 6.57. The average molecular weight is 606 g/mol. The molecule has 10 heteroatoms. The van der Waals surface area contributed by atoms with Gasteiger partial charge < -0.3 is 23.5 Å². The van der Waals surface area contributed by atoms with Crippen LogP contribution in [-0.4, -0.2) is 53.3 Å². The second kappa shape index (κ2) is 11.1. The molecule has 0 aliphatic carbocycles. The van der Waals surface area contributed by atoms with Crippen LogP contribution in [-0.2, 0) is 28.4 Å². The van der Waals surface area contributed by atoms with E-state index in [4.69, 9.17) is 35.5 Å². The number of ether oxygens (including phenoxy) is 4. The molecule has 4 aromatic rings. The van der Waals surface area contributed by atoms with E-state index in [0.29, 0.717) is 40.7 Å². The fourth-order valence-electron chi connectivity index (χ4n) is 6.41. The third-order valence-corrected chi connectivity index (χ3v) is 9.09. The first-order valence-electron chi connectivity index (χ1n) is 14.7. The van der Waals surface area contributed by atoms with Crippen molar-refractivity contribution in [1.29, 1.82) is 0 Å². The van der Waals surface area contributed by atoms with Crippen molar-refractivity contribution in [1.82, 2.24) is 14.5 Å². The van der Waals surface area contributed by atoms with Crippen molar-refractivity contribution in [2.24, 2.45) is 0 Å². The molecule has 0 amide bonds. The molecule has 3 aliphatic heterocycles. The summed E-state index contributed by atoms with van der Waals surface area (Å²) in [6, 6.07) is 16.0. The van der Waals surface area contributed by atoms with Crippen molar-refractivity contribution in [3.63, 3.8) is 0 Å². The molecule has 224 valence electrons. The number of imidazole rings is 1. The van der Waals surface area contributed by atoms with E-state index in [-0.39, 0.29) is 18.0 Å². The molecule has 1 aromatic heterocycles. The van der Waals surface area contributed by atoms with Gasteiger partial charge in [0, 0.05) is 24.1 Å². The molecule has 0 radical (unpaired) electrons. The fraction of sp³-hybridized carbons (Fsp3) is 0.394. The molecule has 2 fully saturated rings. The highest BCUT2D eigenvalue weighted by molar-refractivity contribution is 6.30. The number of carbonyl (C=O) groups is 1. The zero-order chi connectivity index (χ0) is 29.7. The minimum Gasteiger partial charge on any atom is -0.465 e. The molecule has 0 saturated carbocycles. The second-order valence-corrected chi connectivity index (χ2v) is 12.1. The van der Waals surface area contributed by atoms with Crippen LogP contribution in [0.2, 0.25) is 5.02 Å². The van der Waals surface area contributed by atoms with Gasteiger partial charge in [0.05, 0.1) is 48.5 Å². The van der Waals surface area contributed by atoms with E-state index >= 15 is 0 Å². The van der Waals surface area contributed by atoms with Crippen molar-refractivity contribution in [3.05, 3.63) is 88.0 Å². The SMILES string of the molecule is COC(=O)c1ccc2nc(CN3CCC(c4cccc5c4O[C@@](C)(c4ccc(Cl)cc4F)O5)CC3)n(C[C@@H]3CCO3)c2c1. The Morgan fingerprint density at radius 1 is 1.12 bits per heavy atom. The van der Waals surface area contributed by atoms with Gasteiger partial charge in [-0.05, 0) is 80.7 Å². The van der Waals surface area contributed by atoms with Crippen LogP contribution in [0.15, 0.2) is 54.6 Å². The predicted molar refractivity (Wildman–Crippen MR) is 159 cm³/mol. The van der Waals surface area contributed by atoms with E-state index in [1.807, 2.05) is 24.3 Å². The predicted octanol–water partition coefficient (Wildman–Crippen LogP) is 6.43. The molecular weight excluding hydrogens is 573 g/mol. The molecule has 0 spiro atoms. The number of benzene rings is 3. The van der Waals surface area contributed by atoms with Crippen LogP contribution in [0.4, 0.5) is 4.39 Å². The maximum absolute atomic E-state index is 14.8. The normalized spacial score (nSPS) is 22.1. The maximum atomic E-state index is 14.8. The molecule has 0 unspecified atom stereocenters. The Morgan fingerprint density at radius 2 is 1.93 bits per heavy atom. The van der Waals surface area contributed by atoms with Crippen LogP contribution in [0.3, 0.4) is 0 Å². The number of nitrogens with zero attached hydrogens (tertiary/aromatic N) is 3. The second-order valence-electron chi connectivity index (χ2n) is 11.6. The largest absolute Gasteiger partial charge is 0.465 e. The topological polar surface area (TPSA) is 75.0 Å². The van der Waals surface area contributed by atoms with Gasteiger partial charge in [-0.15, -0.1) is 0 Å². The molecule has 43 heavy (non-hydrogen) atoms. The summed E-state index contributed by atoms with van der Waals surface area (Å²) in [7, 11) is 1.39. The van der Waals surface area contributed by atoms with E-state index in [1.165, 1.54) is 13.2 Å². The lowest BCUT2D eigenvalue weighted by atomic mass is 9.88.